The van der Waals surface area contributed by atoms with Gasteiger partial charge in [0.1, 0.15) is 0 Å². The first-order chi connectivity index (χ1) is 8.24. The third kappa shape index (κ3) is 0. The topological polar surface area (TPSA) is 0 Å². The van der Waals surface area contributed by atoms with Crippen LogP contribution < -0.4 is 0 Å². The van der Waals surface area contributed by atoms with Crippen molar-refractivity contribution in [3.63, 3.8) is 0 Å². The fourth-order valence-corrected chi connectivity index (χ4v) is 0. The van der Waals surface area contributed by atoms with E-state index in [4.69, 9.17) is 0 Å². The van der Waals surface area contributed by atoms with Crippen molar-refractivity contribution in [3.05, 3.63) is 0 Å². The molecule has 0 fully saturated rings. The van der Waals surface area contributed by atoms with Gasteiger partial charge in [-0.3, -0.25) is 0 Å². The smallest absolute Gasteiger partial charge is 0.0590 e. The summed E-state index contributed by atoms with van der Waals surface area (Å²) in [6.45, 7) is 28.8. The maximum absolute atomic E-state index is 2.12. The lowest BCUT2D eigenvalue weighted by Gasteiger charge is -1.48. The molecule has 0 N–H and O–H groups in total. The average molecular weight is 285 g/mol. The van der Waals surface area contributed by atoms with Crippen LogP contribution in [0.5, 0.6) is 0 Å². The van der Waals surface area contributed by atoms with Crippen LogP contribution in [-0.4, -0.2) is 0 Å². The Morgan fingerprint density at radius 1 is 0.316 bits per heavy atom. The molecule has 0 unspecified atom stereocenters. The van der Waals surface area contributed by atoms with Crippen molar-refractivity contribution in [1.29, 1.82) is 0 Å². The van der Waals surface area contributed by atoms with Gasteiger partial charge in [0.05, 0.1) is 0 Å². The van der Waals surface area contributed by atoms with Crippen LogP contribution >= 0.6 is 0 Å². The normalized spacial score (nSPS) is 4.11. The average Bonchev–Trinajstić information content (AvgIpc) is 2.41. The number of hydrogen-bond acceptors (Lipinski definition) is 0. The molecule has 0 saturated heterocycles. The molecule has 0 heteroatoms. The Kier molecular flexibility index (Phi) is 1870. The Morgan fingerprint density at radius 3 is 0.316 bits per heavy atom. The molecule has 0 heterocycles. The van der Waals surface area contributed by atoms with Gasteiger partial charge in [-0.2, -0.15) is 0 Å². The number of hydrogen-bond donors (Lipinski definition) is 0. The van der Waals surface area contributed by atoms with Gasteiger partial charge in [-0.25, -0.2) is 0 Å². The molecule has 0 spiro atoms. The summed E-state index contributed by atoms with van der Waals surface area (Å²) in [7, 11) is 0. The SMILES string of the molecule is C.C.CC.CC.CC.CC.CCC.CCC.CCC. The monoisotopic (exact) mass is 284 g/mol. The first-order valence-electron chi connectivity index (χ1n) is 8.24. The standard InChI is InChI=1S/3C3H8.4C2H6.2CH4/c3*1-3-2;4*1-2;;/h3*3H2,1-2H3;4*1-2H3;2*1H4. The molecular weight excluding hydrogens is 228 g/mol. The molecule has 0 radical (unpaired) electrons. The molecule has 0 aromatic heterocycles. The predicted molar refractivity (Wildman–Crippen MR) is 107 cm³/mol. The van der Waals surface area contributed by atoms with Crippen LogP contribution in [0.15, 0.2) is 0 Å². The Balaban J connectivity index is -0.00000000872. The van der Waals surface area contributed by atoms with Gasteiger partial charge in [-0.15, -0.1) is 0 Å². The Hall–Kier alpha value is 0. The summed E-state index contributed by atoms with van der Waals surface area (Å²) in [5, 5.41) is 0. The second-order valence-corrected chi connectivity index (χ2v) is 2.12. The fourth-order valence-electron chi connectivity index (χ4n) is 0. The van der Waals surface area contributed by atoms with Crippen molar-refractivity contribution >= 4 is 0 Å². The Morgan fingerprint density at radius 2 is 0.316 bits per heavy atom. The Bertz CT molecular complexity index is 4.75. The fraction of sp³-hybridized carbons (Fsp3) is 1.00. The molecule has 0 aromatic rings. The molecule has 0 rings (SSSR count). The third-order valence-corrected chi connectivity index (χ3v) is 0. The van der Waals surface area contributed by atoms with Gasteiger partial charge in [0.15, 0.2) is 0 Å². The second kappa shape index (κ2) is 578. The molecule has 0 nitrogen and oxygen atoms in total. The molecule has 0 amide bonds. The van der Waals surface area contributed by atoms with Gasteiger partial charge in [-0.1, -0.05) is 131 Å². The highest BCUT2D eigenvalue weighted by molar-refractivity contribution is 3.92. The summed E-state index contributed by atoms with van der Waals surface area (Å²) in [5.74, 6) is 0. The van der Waals surface area contributed by atoms with Crippen LogP contribution in [0, 0.1) is 0 Å². The summed E-state index contributed by atoms with van der Waals surface area (Å²) < 4.78 is 0. The summed E-state index contributed by atoms with van der Waals surface area (Å²) in [5.41, 5.74) is 0. The maximum atomic E-state index is 2.12. The van der Waals surface area contributed by atoms with Crippen molar-refractivity contribution in [2.24, 2.45) is 0 Å². The second-order valence-electron chi connectivity index (χ2n) is 2.12. The van der Waals surface area contributed by atoms with E-state index in [0.29, 0.717) is 0 Å². The van der Waals surface area contributed by atoms with Crippen LogP contribution in [0.4, 0.5) is 0 Å². The van der Waals surface area contributed by atoms with Crippen molar-refractivity contribution in [3.8, 4) is 0 Å². The highest BCUT2D eigenvalue weighted by Crippen LogP contribution is 1.56. The van der Waals surface area contributed by atoms with E-state index in [1.54, 1.807) is 0 Å². The van der Waals surface area contributed by atoms with Gasteiger partial charge in [0, 0.05) is 0 Å². The molecule has 19 heavy (non-hydrogen) atoms. The van der Waals surface area contributed by atoms with E-state index >= 15 is 0 Å². The van der Waals surface area contributed by atoms with E-state index in [2.05, 4.69) is 41.5 Å². The largest absolute Gasteiger partial charge is 0.0776 e. The minimum atomic E-state index is 0. The molecule has 0 aliphatic rings. The molecular formula is C19H56. The molecule has 0 aliphatic carbocycles. The number of rotatable bonds is 0. The molecule has 0 aliphatic heterocycles. The Labute approximate surface area is 131 Å². The highest BCUT2D eigenvalue weighted by atomic mass is 13.4. The van der Waals surface area contributed by atoms with Crippen molar-refractivity contribution in [2.75, 3.05) is 0 Å². The van der Waals surface area contributed by atoms with E-state index in [1.165, 1.54) is 19.3 Å². The minimum Gasteiger partial charge on any atom is -0.0776 e. The zero-order valence-corrected chi connectivity index (χ0v) is 16.1. The van der Waals surface area contributed by atoms with E-state index in [-0.39, 0.29) is 14.9 Å². The van der Waals surface area contributed by atoms with E-state index in [9.17, 15) is 0 Å². The molecule has 132 valence electrons. The van der Waals surface area contributed by atoms with Gasteiger partial charge < -0.3 is 0 Å². The zero-order valence-electron chi connectivity index (χ0n) is 16.1. The third-order valence-electron chi connectivity index (χ3n) is 0. The van der Waals surface area contributed by atoms with Crippen LogP contribution in [0.25, 0.3) is 0 Å². The minimum absolute atomic E-state index is 0. The highest BCUT2D eigenvalue weighted by Gasteiger charge is 1.36. The van der Waals surface area contributed by atoms with Gasteiger partial charge in [0.2, 0.25) is 0 Å². The van der Waals surface area contributed by atoms with Gasteiger partial charge in [-0.05, 0) is 0 Å². The van der Waals surface area contributed by atoms with Crippen LogP contribution in [0.2, 0.25) is 0 Å². The zero-order chi connectivity index (χ0) is 16.1. The lowest BCUT2D eigenvalue weighted by molar-refractivity contribution is 1.09. The van der Waals surface area contributed by atoms with Crippen molar-refractivity contribution in [1.82, 2.24) is 0 Å². The van der Waals surface area contributed by atoms with E-state index in [1.807, 2.05) is 55.4 Å². The molecule has 0 saturated carbocycles. The van der Waals surface area contributed by atoms with Crippen molar-refractivity contribution in [2.45, 2.75) is 131 Å². The van der Waals surface area contributed by atoms with Gasteiger partial charge in [0.25, 0.3) is 0 Å². The van der Waals surface area contributed by atoms with Crippen LogP contribution in [0.3, 0.4) is 0 Å². The first kappa shape index (κ1) is 61.6. The molecule has 0 bridgehead atoms. The van der Waals surface area contributed by atoms with Gasteiger partial charge >= 0.3 is 0 Å². The summed E-state index contributed by atoms with van der Waals surface area (Å²) in [6.07, 6.45) is 3.75. The van der Waals surface area contributed by atoms with E-state index in [0.717, 1.165) is 0 Å². The first-order valence-corrected chi connectivity index (χ1v) is 8.24. The van der Waals surface area contributed by atoms with Crippen LogP contribution in [0.1, 0.15) is 131 Å². The molecule has 0 atom stereocenters. The van der Waals surface area contributed by atoms with Crippen molar-refractivity contribution < 1.29 is 0 Å². The maximum Gasteiger partial charge on any atom is -0.0590 e. The molecule has 0 aromatic carbocycles. The summed E-state index contributed by atoms with van der Waals surface area (Å²) in [6, 6.07) is 0. The van der Waals surface area contributed by atoms with E-state index < -0.39 is 0 Å². The lowest BCUT2D eigenvalue weighted by Crippen LogP contribution is -1.27. The predicted octanol–water partition coefficient (Wildman–Crippen LogP) is 9.63. The lowest BCUT2D eigenvalue weighted by atomic mass is 10.6. The van der Waals surface area contributed by atoms with Crippen LogP contribution in [-0.2, 0) is 0 Å². The summed E-state index contributed by atoms with van der Waals surface area (Å²) >= 11 is 0. The summed E-state index contributed by atoms with van der Waals surface area (Å²) in [4.78, 5) is 0. The quantitative estimate of drug-likeness (QED) is 0.415.